The molecular formula is C14H14Cl2N2. The van der Waals surface area contributed by atoms with Gasteiger partial charge in [-0.05, 0) is 49.1 Å². The fourth-order valence-corrected chi connectivity index (χ4v) is 3.16. The molecule has 0 aliphatic heterocycles. The minimum Gasteiger partial charge on any atom is -0.324 e. The molecule has 1 unspecified atom stereocenters. The lowest BCUT2D eigenvalue weighted by Crippen LogP contribution is -2.17. The van der Waals surface area contributed by atoms with Crippen LogP contribution in [0.2, 0.25) is 10.0 Å². The molecule has 0 fully saturated rings. The third-order valence-electron chi connectivity index (χ3n) is 3.48. The van der Waals surface area contributed by atoms with Crippen LogP contribution in [0.3, 0.4) is 0 Å². The van der Waals surface area contributed by atoms with E-state index in [1.807, 2.05) is 12.1 Å². The first-order chi connectivity index (χ1) is 8.65. The molecule has 94 valence electrons. The van der Waals surface area contributed by atoms with Crippen LogP contribution in [0.15, 0.2) is 30.5 Å². The van der Waals surface area contributed by atoms with Gasteiger partial charge in [-0.15, -0.1) is 0 Å². The van der Waals surface area contributed by atoms with Crippen molar-refractivity contribution >= 4 is 23.2 Å². The number of nitrogens with zero attached hydrogens (tertiary/aromatic N) is 1. The molecule has 0 spiro atoms. The van der Waals surface area contributed by atoms with Gasteiger partial charge in [0.2, 0.25) is 0 Å². The van der Waals surface area contributed by atoms with Gasteiger partial charge in [0.15, 0.2) is 0 Å². The molecule has 1 aliphatic rings. The summed E-state index contributed by atoms with van der Waals surface area (Å²) in [4.78, 5) is 0. The molecule has 18 heavy (non-hydrogen) atoms. The highest BCUT2D eigenvalue weighted by atomic mass is 35.5. The van der Waals surface area contributed by atoms with E-state index in [0.29, 0.717) is 10.0 Å². The Hall–Kier alpha value is -0.960. The van der Waals surface area contributed by atoms with Gasteiger partial charge in [-0.1, -0.05) is 23.2 Å². The molecule has 0 bridgehead atoms. The molecule has 1 atom stereocenters. The molecule has 1 aromatic carbocycles. The zero-order valence-corrected chi connectivity index (χ0v) is 11.4. The maximum Gasteiger partial charge on any atom is 0.0482 e. The highest BCUT2D eigenvalue weighted by molar-refractivity contribution is 6.34. The monoisotopic (exact) mass is 280 g/mol. The molecule has 0 radical (unpaired) electrons. The van der Waals surface area contributed by atoms with Crippen LogP contribution in [-0.4, -0.2) is 4.57 Å². The Morgan fingerprint density at radius 3 is 2.61 bits per heavy atom. The molecule has 3 rings (SSSR count). The fraction of sp³-hybridized carbons (Fsp3) is 0.286. The third kappa shape index (κ3) is 2.05. The van der Waals surface area contributed by atoms with Crippen LogP contribution in [-0.2, 0) is 6.42 Å². The average molecular weight is 281 g/mol. The quantitative estimate of drug-likeness (QED) is 0.837. The Balaban J connectivity index is 2.12. The van der Waals surface area contributed by atoms with Gasteiger partial charge >= 0.3 is 0 Å². The topological polar surface area (TPSA) is 30.9 Å². The second-order valence-corrected chi connectivity index (χ2v) is 5.59. The lowest BCUT2D eigenvalue weighted by atomic mass is 9.93. The van der Waals surface area contributed by atoms with Crippen LogP contribution in [0.1, 0.15) is 30.1 Å². The van der Waals surface area contributed by atoms with Gasteiger partial charge in [-0.3, -0.25) is 0 Å². The molecule has 0 saturated carbocycles. The van der Waals surface area contributed by atoms with Gasteiger partial charge in [-0.2, -0.15) is 0 Å². The molecule has 0 amide bonds. The van der Waals surface area contributed by atoms with Gasteiger partial charge in [0, 0.05) is 33.7 Å². The van der Waals surface area contributed by atoms with Crippen molar-refractivity contribution in [1.82, 2.24) is 4.57 Å². The Morgan fingerprint density at radius 1 is 1.17 bits per heavy atom. The summed E-state index contributed by atoms with van der Waals surface area (Å²) in [7, 11) is 0. The summed E-state index contributed by atoms with van der Waals surface area (Å²) in [6.45, 7) is 0. The minimum atomic E-state index is 0.157. The second kappa shape index (κ2) is 4.61. The lowest BCUT2D eigenvalue weighted by Gasteiger charge is -2.21. The van der Waals surface area contributed by atoms with E-state index in [4.69, 9.17) is 28.9 Å². The maximum atomic E-state index is 6.13. The molecule has 4 heteroatoms. The van der Waals surface area contributed by atoms with Crippen molar-refractivity contribution in [2.45, 2.75) is 25.3 Å². The SMILES string of the molecule is NC1CCCc2c1ccn2-c1cc(Cl)cc(Cl)c1. The van der Waals surface area contributed by atoms with E-state index < -0.39 is 0 Å². The fourth-order valence-electron chi connectivity index (χ4n) is 2.65. The summed E-state index contributed by atoms with van der Waals surface area (Å²) in [5.74, 6) is 0. The van der Waals surface area contributed by atoms with E-state index in [9.17, 15) is 0 Å². The van der Waals surface area contributed by atoms with Crippen molar-refractivity contribution < 1.29 is 0 Å². The van der Waals surface area contributed by atoms with Crippen molar-refractivity contribution in [3.8, 4) is 5.69 Å². The Morgan fingerprint density at radius 2 is 1.89 bits per heavy atom. The second-order valence-electron chi connectivity index (χ2n) is 4.71. The number of hydrogen-bond acceptors (Lipinski definition) is 1. The van der Waals surface area contributed by atoms with Crippen molar-refractivity contribution in [2.24, 2.45) is 5.73 Å². The first kappa shape index (κ1) is 12.1. The third-order valence-corrected chi connectivity index (χ3v) is 3.92. The first-order valence-electron chi connectivity index (χ1n) is 6.07. The van der Waals surface area contributed by atoms with Crippen LogP contribution in [0, 0.1) is 0 Å². The normalized spacial score (nSPS) is 18.7. The number of hydrogen-bond donors (Lipinski definition) is 1. The summed E-state index contributed by atoms with van der Waals surface area (Å²) in [6.07, 6.45) is 5.30. The van der Waals surface area contributed by atoms with Gasteiger partial charge in [0.25, 0.3) is 0 Å². The van der Waals surface area contributed by atoms with E-state index in [0.717, 1.165) is 24.9 Å². The van der Waals surface area contributed by atoms with E-state index in [-0.39, 0.29) is 6.04 Å². The summed E-state index contributed by atoms with van der Waals surface area (Å²) >= 11 is 12.1. The molecule has 1 heterocycles. The van der Waals surface area contributed by atoms with Crippen LogP contribution in [0.5, 0.6) is 0 Å². The number of benzene rings is 1. The van der Waals surface area contributed by atoms with Crippen LogP contribution in [0.4, 0.5) is 0 Å². The molecule has 2 nitrogen and oxygen atoms in total. The number of halogens is 2. The maximum absolute atomic E-state index is 6.13. The average Bonchev–Trinajstić information content (AvgIpc) is 2.73. The van der Waals surface area contributed by atoms with E-state index in [1.165, 1.54) is 11.3 Å². The standard InChI is InChI=1S/C14H14Cl2N2/c15-9-6-10(16)8-11(7-9)18-5-4-12-13(17)2-1-3-14(12)18/h4-8,13H,1-3,17H2. The summed E-state index contributed by atoms with van der Waals surface area (Å²) in [5.41, 5.74) is 9.67. The van der Waals surface area contributed by atoms with Crippen molar-refractivity contribution in [3.05, 3.63) is 51.8 Å². The summed E-state index contributed by atoms with van der Waals surface area (Å²) in [5, 5.41) is 1.31. The van der Waals surface area contributed by atoms with E-state index in [2.05, 4.69) is 16.8 Å². The van der Waals surface area contributed by atoms with Gasteiger partial charge in [0.1, 0.15) is 0 Å². The largest absolute Gasteiger partial charge is 0.324 e. The van der Waals surface area contributed by atoms with Crippen LogP contribution in [0.25, 0.3) is 5.69 Å². The van der Waals surface area contributed by atoms with Crippen LogP contribution >= 0.6 is 23.2 Å². The number of rotatable bonds is 1. The van der Waals surface area contributed by atoms with Crippen molar-refractivity contribution in [2.75, 3.05) is 0 Å². The summed E-state index contributed by atoms with van der Waals surface area (Å²) < 4.78 is 2.14. The zero-order chi connectivity index (χ0) is 12.7. The smallest absolute Gasteiger partial charge is 0.0482 e. The molecule has 2 aromatic rings. The molecule has 0 saturated heterocycles. The van der Waals surface area contributed by atoms with Crippen molar-refractivity contribution in [3.63, 3.8) is 0 Å². The van der Waals surface area contributed by atoms with Gasteiger partial charge in [-0.25, -0.2) is 0 Å². The van der Waals surface area contributed by atoms with E-state index >= 15 is 0 Å². The van der Waals surface area contributed by atoms with Crippen molar-refractivity contribution in [1.29, 1.82) is 0 Å². The molecular weight excluding hydrogens is 267 g/mol. The Labute approximate surface area is 116 Å². The molecule has 1 aliphatic carbocycles. The highest BCUT2D eigenvalue weighted by Gasteiger charge is 2.20. The Kier molecular flexibility index (Phi) is 3.10. The van der Waals surface area contributed by atoms with Gasteiger partial charge in [0.05, 0.1) is 0 Å². The Bertz CT molecular complexity index is 569. The van der Waals surface area contributed by atoms with Gasteiger partial charge < -0.3 is 10.3 Å². The summed E-state index contributed by atoms with van der Waals surface area (Å²) in [6, 6.07) is 7.86. The highest BCUT2D eigenvalue weighted by Crippen LogP contribution is 2.32. The predicted molar refractivity (Wildman–Crippen MR) is 75.7 cm³/mol. The van der Waals surface area contributed by atoms with E-state index in [1.54, 1.807) is 6.07 Å². The zero-order valence-electron chi connectivity index (χ0n) is 9.87. The lowest BCUT2D eigenvalue weighted by molar-refractivity contribution is 0.560. The minimum absolute atomic E-state index is 0.157. The van der Waals surface area contributed by atoms with Crippen LogP contribution < -0.4 is 5.73 Å². The number of nitrogens with two attached hydrogens (primary N) is 1. The predicted octanol–water partition coefficient (Wildman–Crippen LogP) is 4.12. The number of aromatic nitrogens is 1. The molecule has 2 N–H and O–H groups in total. The first-order valence-corrected chi connectivity index (χ1v) is 6.83. The number of fused-ring (bicyclic) bond motifs is 1. The molecule has 1 aromatic heterocycles.